The van der Waals surface area contributed by atoms with Crippen LogP contribution in [0.2, 0.25) is 0 Å². The zero-order chi connectivity index (χ0) is 12.8. The van der Waals surface area contributed by atoms with Crippen molar-refractivity contribution in [1.82, 2.24) is 10.3 Å². The van der Waals surface area contributed by atoms with Crippen molar-refractivity contribution in [2.45, 2.75) is 25.8 Å². The Balaban J connectivity index is 2.27. The average molecular weight is 240 g/mol. The number of nitrogens with one attached hydrogen (secondary N) is 1. The van der Waals surface area contributed by atoms with E-state index >= 15 is 0 Å². The van der Waals surface area contributed by atoms with Gasteiger partial charge in [0.25, 0.3) is 0 Å². The molecule has 2 nitrogen and oxygen atoms in total. The highest BCUT2D eigenvalue weighted by molar-refractivity contribution is 5.26. The summed E-state index contributed by atoms with van der Waals surface area (Å²) in [6.45, 7) is 5.32. The lowest BCUT2D eigenvalue weighted by molar-refractivity contribution is 0.369. The summed E-state index contributed by atoms with van der Waals surface area (Å²) in [4.78, 5) is 4.43. The van der Waals surface area contributed by atoms with Gasteiger partial charge in [0.1, 0.15) is 0 Å². The first-order valence-corrected chi connectivity index (χ1v) is 6.45. The van der Waals surface area contributed by atoms with Crippen LogP contribution in [-0.4, -0.2) is 11.5 Å². The second kappa shape index (κ2) is 5.78. The van der Waals surface area contributed by atoms with Gasteiger partial charge in [0.15, 0.2) is 0 Å². The Labute approximate surface area is 109 Å². The van der Waals surface area contributed by atoms with Gasteiger partial charge < -0.3 is 5.32 Å². The second-order valence-corrected chi connectivity index (χ2v) is 4.73. The van der Waals surface area contributed by atoms with Crippen LogP contribution in [0.25, 0.3) is 0 Å². The van der Waals surface area contributed by atoms with Crippen LogP contribution in [0.5, 0.6) is 0 Å². The summed E-state index contributed by atoms with van der Waals surface area (Å²) >= 11 is 0. The van der Waals surface area contributed by atoms with Gasteiger partial charge in [-0.2, -0.15) is 0 Å². The van der Waals surface area contributed by atoms with E-state index in [9.17, 15) is 0 Å². The summed E-state index contributed by atoms with van der Waals surface area (Å²) in [5.74, 6) is 0. The quantitative estimate of drug-likeness (QED) is 0.868. The summed E-state index contributed by atoms with van der Waals surface area (Å²) in [6.07, 6.45) is 2.75. The topological polar surface area (TPSA) is 24.9 Å². The molecule has 0 aliphatic rings. The van der Waals surface area contributed by atoms with E-state index in [0.29, 0.717) is 0 Å². The van der Waals surface area contributed by atoms with Crippen LogP contribution in [0.3, 0.4) is 0 Å². The molecule has 0 saturated heterocycles. The highest BCUT2D eigenvalue weighted by Crippen LogP contribution is 2.24. The lowest BCUT2D eigenvalue weighted by Gasteiger charge is -2.31. The monoisotopic (exact) mass is 240 g/mol. The Bertz CT molecular complexity index is 467. The second-order valence-electron chi connectivity index (χ2n) is 4.73. The molecule has 0 bridgehead atoms. The van der Waals surface area contributed by atoms with Crippen molar-refractivity contribution < 1.29 is 0 Å². The molecule has 0 fully saturated rings. The van der Waals surface area contributed by atoms with Gasteiger partial charge >= 0.3 is 0 Å². The molecule has 0 spiro atoms. The summed E-state index contributed by atoms with van der Waals surface area (Å²) in [6, 6.07) is 16.6. The highest BCUT2D eigenvalue weighted by Gasteiger charge is 2.25. The van der Waals surface area contributed by atoms with Crippen molar-refractivity contribution in [2.75, 3.05) is 6.54 Å². The summed E-state index contributed by atoms with van der Waals surface area (Å²) in [7, 11) is 0. The fraction of sp³-hybridized carbons (Fsp3) is 0.312. The van der Waals surface area contributed by atoms with Crippen molar-refractivity contribution in [2.24, 2.45) is 0 Å². The molecule has 1 aromatic heterocycles. The van der Waals surface area contributed by atoms with E-state index < -0.39 is 0 Å². The zero-order valence-electron chi connectivity index (χ0n) is 11.1. The molecule has 1 N–H and O–H groups in total. The van der Waals surface area contributed by atoms with Crippen LogP contribution in [-0.2, 0) is 12.0 Å². The summed E-state index contributed by atoms with van der Waals surface area (Å²) in [5.41, 5.74) is 2.35. The molecule has 2 aromatic rings. The van der Waals surface area contributed by atoms with Crippen molar-refractivity contribution in [3.63, 3.8) is 0 Å². The molecule has 0 aliphatic carbocycles. The Morgan fingerprint density at radius 3 is 2.39 bits per heavy atom. The molecule has 18 heavy (non-hydrogen) atoms. The third kappa shape index (κ3) is 2.96. The molecule has 0 amide bonds. The maximum Gasteiger partial charge on any atom is 0.0461 e. The number of hydrogen-bond donors (Lipinski definition) is 1. The van der Waals surface area contributed by atoms with Gasteiger partial charge in [-0.15, -0.1) is 0 Å². The lowest BCUT2D eigenvalue weighted by atomic mass is 9.87. The van der Waals surface area contributed by atoms with Gasteiger partial charge in [0.2, 0.25) is 0 Å². The molecule has 2 rings (SSSR count). The normalized spacial score (nSPS) is 14.1. The first-order valence-electron chi connectivity index (χ1n) is 6.45. The van der Waals surface area contributed by atoms with Crippen LogP contribution in [0.4, 0.5) is 0 Å². The number of rotatable bonds is 5. The number of hydrogen-bond acceptors (Lipinski definition) is 2. The van der Waals surface area contributed by atoms with E-state index in [1.165, 1.54) is 5.56 Å². The molecule has 1 heterocycles. The van der Waals surface area contributed by atoms with Gasteiger partial charge in [0.05, 0.1) is 0 Å². The van der Waals surface area contributed by atoms with Gasteiger partial charge in [-0.3, -0.25) is 4.98 Å². The van der Waals surface area contributed by atoms with Crippen molar-refractivity contribution in [1.29, 1.82) is 0 Å². The fourth-order valence-corrected chi connectivity index (χ4v) is 2.33. The number of aromatic nitrogens is 1. The first-order chi connectivity index (χ1) is 8.74. The minimum atomic E-state index is -0.0651. The average Bonchev–Trinajstić information content (AvgIpc) is 2.41. The number of pyridine rings is 1. The van der Waals surface area contributed by atoms with Gasteiger partial charge in [-0.05, 0) is 31.2 Å². The van der Waals surface area contributed by atoms with Gasteiger partial charge in [-0.1, -0.05) is 43.3 Å². The number of nitrogens with zero attached hydrogens (tertiary/aromatic N) is 1. The van der Waals surface area contributed by atoms with E-state index in [1.54, 1.807) is 0 Å². The molecule has 94 valence electrons. The van der Waals surface area contributed by atoms with Crippen molar-refractivity contribution in [3.8, 4) is 0 Å². The zero-order valence-corrected chi connectivity index (χ0v) is 11.1. The van der Waals surface area contributed by atoms with Crippen molar-refractivity contribution >= 4 is 0 Å². The first kappa shape index (κ1) is 12.8. The largest absolute Gasteiger partial charge is 0.308 e. The van der Waals surface area contributed by atoms with E-state index in [1.807, 2.05) is 18.3 Å². The summed E-state index contributed by atoms with van der Waals surface area (Å²) in [5, 5.41) is 3.58. The minimum Gasteiger partial charge on any atom is -0.308 e. The van der Waals surface area contributed by atoms with Crippen LogP contribution >= 0.6 is 0 Å². The van der Waals surface area contributed by atoms with Crippen LogP contribution < -0.4 is 5.32 Å². The Hall–Kier alpha value is -1.67. The van der Waals surface area contributed by atoms with Crippen LogP contribution in [0.1, 0.15) is 25.1 Å². The Morgan fingerprint density at radius 1 is 1.06 bits per heavy atom. The summed E-state index contributed by atoms with van der Waals surface area (Å²) < 4.78 is 0. The SMILES string of the molecule is CCNC(C)(Cc1ccccn1)c1ccccc1. The third-order valence-electron chi connectivity index (χ3n) is 3.24. The van der Waals surface area contributed by atoms with E-state index in [2.05, 4.69) is 60.5 Å². The molecule has 0 saturated carbocycles. The van der Waals surface area contributed by atoms with Crippen molar-refractivity contribution in [3.05, 3.63) is 66.0 Å². The minimum absolute atomic E-state index is 0.0651. The fourth-order valence-electron chi connectivity index (χ4n) is 2.33. The lowest BCUT2D eigenvalue weighted by Crippen LogP contribution is -2.41. The van der Waals surface area contributed by atoms with Crippen LogP contribution in [0.15, 0.2) is 54.7 Å². The molecular weight excluding hydrogens is 220 g/mol. The number of benzene rings is 1. The maximum atomic E-state index is 4.43. The van der Waals surface area contributed by atoms with Gasteiger partial charge in [-0.25, -0.2) is 0 Å². The standard InChI is InChI=1S/C16H20N2/c1-3-18-16(2,14-9-5-4-6-10-14)13-15-11-7-8-12-17-15/h4-12,18H,3,13H2,1-2H3. The molecular formula is C16H20N2. The molecule has 0 aliphatic heterocycles. The predicted octanol–water partition coefficient (Wildman–Crippen LogP) is 3.15. The predicted molar refractivity (Wildman–Crippen MR) is 75.4 cm³/mol. The molecule has 1 aromatic carbocycles. The molecule has 1 unspecified atom stereocenters. The van der Waals surface area contributed by atoms with Crippen LogP contribution in [0, 0.1) is 0 Å². The molecule has 0 radical (unpaired) electrons. The van der Waals surface area contributed by atoms with E-state index in [0.717, 1.165) is 18.7 Å². The highest BCUT2D eigenvalue weighted by atomic mass is 15.0. The van der Waals surface area contributed by atoms with Gasteiger partial charge in [0, 0.05) is 23.9 Å². The maximum absolute atomic E-state index is 4.43. The molecule has 1 atom stereocenters. The number of likely N-dealkylation sites (N-methyl/N-ethyl adjacent to an activating group) is 1. The Morgan fingerprint density at radius 2 is 1.78 bits per heavy atom. The third-order valence-corrected chi connectivity index (χ3v) is 3.24. The van der Waals surface area contributed by atoms with E-state index in [-0.39, 0.29) is 5.54 Å². The molecule has 2 heteroatoms. The van der Waals surface area contributed by atoms with E-state index in [4.69, 9.17) is 0 Å². The Kier molecular flexibility index (Phi) is 4.11. The smallest absolute Gasteiger partial charge is 0.0461 e.